The Kier molecular flexibility index (Phi) is 10.7. The third-order valence-electron chi connectivity index (χ3n) is 6.48. The quantitative estimate of drug-likeness (QED) is 0.161. The molecule has 0 radical (unpaired) electrons. The van der Waals surface area contributed by atoms with Gasteiger partial charge in [0.15, 0.2) is 0 Å². The van der Waals surface area contributed by atoms with E-state index in [9.17, 15) is 0 Å². The largest absolute Gasteiger partial charge is 0.491 e. The molecule has 1 aliphatic heterocycles. The summed E-state index contributed by atoms with van der Waals surface area (Å²) in [5.41, 5.74) is 3.41. The smallest absolute Gasteiger partial charge is 0.237 e. The van der Waals surface area contributed by atoms with Crippen LogP contribution >= 0.6 is 23.5 Å². The zero-order valence-electron chi connectivity index (χ0n) is 24.2. The van der Waals surface area contributed by atoms with E-state index in [-0.39, 0.29) is 6.10 Å². The Morgan fingerprint density at radius 1 is 1.15 bits per heavy atom. The summed E-state index contributed by atoms with van der Waals surface area (Å²) in [6, 6.07) is 13.7. The molecule has 0 spiro atoms. The number of benzene rings is 2. The van der Waals surface area contributed by atoms with Gasteiger partial charge in [-0.1, -0.05) is 36.7 Å². The van der Waals surface area contributed by atoms with Crippen LogP contribution in [-0.4, -0.2) is 67.5 Å². The molecular formula is C30H38ClN7O2S. The molecule has 1 aromatic heterocycles. The number of aromatic nitrogens is 2. The van der Waals surface area contributed by atoms with Crippen LogP contribution in [0.25, 0.3) is 11.3 Å². The lowest BCUT2D eigenvalue weighted by Gasteiger charge is -2.34. The Bertz CT molecular complexity index is 1380. The molecule has 2 aromatic carbocycles. The fourth-order valence-corrected chi connectivity index (χ4v) is 5.28. The van der Waals surface area contributed by atoms with Crippen LogP contribution in [0, 0.1) is 5.41 Å². The van der Waals surface area contributed by atoms with Crippen LogP contribution in [-0.2, 0) is 6.42 Å². The highest BCUT2D eigenvalue weighted by atomic mass is 35.5. The summed E-state index contributed by atoms with van der Waals surface area (Å²) < 4.78 is 15.6. The summed E-state index contributed by atoms with van der Waals surface area (Å²) in [6.45, 7) is 9.79. The third-order valence-corrected chi connectivity index (χ3v) is 7.62. The lowest BCUT2D eigenvalue weighted by molar-refractivity contribution is 0.242. The van der Waals surface area contributed by atoms with Crippen LogP contribution < -0.4 is 24.4 Å². The number of piperazine rings is 1. The lowest BCUT2D eigenvalue weighted by Crippen LogP contribution is -2.44. The first-order chi connectivity index (χ1) is 19.8. The Morgan fingerprint density at radius 3 is 2.59 bits per heavy atom. The maximum absolute atomic E-state index is 7.68. The van der Waals surface area contributed by atoms with E-state index in [4.69, 9.17) is 36.5 Å². The minimum absolute atomic E-state index is 0.0436. The fourth-order valence-electron chi connectivity index (χ4n) is 4.46. The van der Waals surface area contributed by atoms with Crippen LogP contribution in [0.4, 0.5) is 11.6 Å². The van der Waals surface area contributed by atoms with Gasteiger partial charge in [0, 0.05) is 56.8 Å². The zero-order chi connectivity index (χ0) is 29.4. The molecule has 3 aromatic rings. The first-order valence-corrected chi connectivity index (χ1v) is 14.9. The predicted octanol–water partition coefficient (Wildman–Crippen LogP) is 6.46. The normalized spacial score (nSPS) is 14.2. The topological polar surface area (TPSA) is 98.6 Å². The Labute approximate surface area is 251 Å². The molecule has 0 aliphatic carbocycles. The highest BCUT2D eigenvalue weighted by Crippen LogP contribution is 2.40. The van der Waals surface area contributed by atoms with Crippen LogP contribution in [0.2, 0.25) is 5.02 Å². The highest BCUT2D eigenvalue weighted by Gasteiger charge is 2.22. The van der Waals surface area contributed by atoms with Crippen molar-refractivity contribution in [2.45, 2.75) is 33.3 Å². The third kappa shape index (κ3) is 7.84. The number of nitrogens with zero attached hydrogens (tertiary/aromatic N) is 4. The molecule has 9 nitrogen and oxygen atoms in total. The number of halogens is 1. The average molecular weight is 596 g/mol. The maximum Gasteiger partial charge on any atom is 0.237 e. The van der Waals surface area contributed by atoms with Gasteiger partial charge < -0.3 is 30.0 Å². The van der Waals surface area contributed by atoms with Gasteiger partial charge in [-0.05, 0) is 63.5 Å². The molecule has 218 valence electrons. The van der Waals surface area contributed by atoms with E-state index in [1.165, 1.54) is 18.2 Å². The van der Waals surface area contributed by atoms with Crippen molar-refractivity contribution in [3.8, 4) is 28.6 Å². The van der Waals surface area contributed by atoms with Gasteiger partial charge in [0.2, 0.25) is 11.8 Å². The summed E-state index contributed by atoms with van der Waals surface area (Å²) in [7, 11) is 3.92. The van der Waals surface area contributed by atoms with Gasteiger partial charge in [0.05, 0.1) is 22.4 Å². The van der Waals surface area contributed by atoms with Gasteiger partial charge in [0.1, 0.15) is 16.5 Å². The Morgan fingerprint density at radius 2 is 1.90 bits per heavy atom. The van der Waals surface area contributed by atoms with E-state index in [0.717, 1.165) is 54.4 Å². The summed E-state index contributed by atoms with van der Waals surface area (Å²) in [5, 5.41) is 11.2. The fraction of sp³-hybridized carbons (Fsp3) is 0.367. The van der Waals surface area contributed by atoms with Gasteiger partial charge in [-0.3, -0.25) is 4.72 Å². The number of hydrogen-bond acceptors (Lipinski definition) is 10. The number of nitrogens with one attached hydrogen (secondary N) is 3. The molecule has 1 aliphatic rings. The first-order valence-electron chi connectivity index (χ1n) is 13.7. The molecule has 41 heavy (non-hydrogen) atoms. The number of ether oxygens (including phenoxy) is 2. The summed E-state index contributed by atoms with van der Waals surface area (Å²) in [4.78, 5) is 14.9. The van der Waals surface area contributed by atoms with E-state index < -0.39 is 0 Å². The minimum Gasteiger partial charge on any atom is -0.491 e. The zero-order valence-corrected chi connectivity index (χ0v) is 25.8. The second-order valence-corrected chi connectivity index (χ2v) is 11.2. The summed E-state index contributed by atoms with van der Waals surface area (Å²) >= 11 is 8.18. The average Bonchev–Trinajstić information content (AvgIpc) is 2.96. The predicted molar refractivity (Wildman–Crippen MR) is 171 cm³/mol. The molecule has 2 heterocycles. The lowest BCUT2D eigenvalue weighted by atomic mass is 10.0. The molecule has 0 amide bonds. The summed E-state index contributed by atoms with van der Waals surface area (Å²) in [6.07, 6.45) is 3.65. The van der Waals surface area contributed by atoms with Crippen molar-refractivity contribution in [3.05, 3.63) is 64.2 Å². The van der Waals surface area contributed by atoms with Crippen LogP contribution in [0.3, 0.4) is 0 Å². The van der Waals surface area contributed by atoms with E-state index in [0.29, 0.717) is 33.9 Å². The van der Waals surface area contributed by atoms with Crippen molar-refractivity contribution in [3.63, 3.8) is 0 Å². The van der Waals surface area contributed by atoms with Gasteiger partial charge in [0.25, 0.3) is 0 Å². The molecule has 4 rings (SSSR count). The SMILES string of the molecule is CCc1c(Oc2cccc(N3CCN(C)CC3)c2Cl)nc(NS/C(C=N)=C/NC)nc1-c1cccc(OC(C)C)c1. The molecule has 3 N–H and O–H groups in total. The van der Waals surface area contributed by atoms with E-state index >= 15 is 0 Å². The molecule has 0 bridgehead atoms. The van der Waals surface area contributed by atoms with Gasteiger partial charge in [-0.2, -0.15) is 4.98 Å². The number of likely N-dealkylation sites (N-methyl/N-ethyl adjacent to an activating group) is 1. The van der Waals surface area contributed by atoms with Crippen molar-refractivity contribution in [2.24, 2.45) is 0 Å². The standard InChI is InChI=1S/C30H38ClN7O2S/c1-6-24-28(21-9-7-10-22(17-21)39-20(2)3)34-30(36-41-23(18-32)19-33-4)35-29(24)40-26-12-8-11-25(27(26)31)38-15-13-37(5)14-16-38/h7-12,17-20,32-33H,6,13-16H2,1-5H3,(H,34,35,36)/b23-19+,32-18?. The molecule has 0 unspecified atom stereocenters. The molecular weight excluding hydrogens is 558 g/mol. The van der Waals surface area contributed by atoms with Crippen molar-refractivity contribution in [2.75, 3.05) is 49.9 Å². The minimum atomic E-state index is 0.0436. The van der Waals surface area contributed by atoms with Gasteiger partial charge in [-0.25, -0.2) is 4.98 Å². The molecule has 0 atom stereocenters. The second-order valence-electron chi connectivity index (χ2n) is 9.89. The molecule has 1 saturated heterocycles. The highest BCUT2D eigenvalue weighted by molar-refractivity contribution is 8.05. The van der Waals surface area contributed by atoms with Crippen LogP contribution in [0.5, 0.6) is 17.4 Å². The number of anilines is 2. The van der Waals surface area contributed by atoms with E-state index in [2.05, 4.69) is 33.8 Å². The summed E-state index contributed by atoms with van der Waals surface area (Å²) in [5.74, 6) is 2.06. The van der Waals surface area contributed by atoms with Gasteiger partial charge in [-0.15, -0.1) is 0 Å². The van der Waals surface area contributed by atoms with Crippen molar-refractivity contribution >= 4 is 41.4 Å². The molecule has 11 heteroatoms. The van der Waals surface area contributed by atoms with E-state index in [1.54, 1.807) is 13.2 Å². The first kappa shape index (κ1) is 30.5. The number of allylic oxidation sites excluding steroid dienone is 1. The van der Waals surface area contributed by atoms with E-state index in [1.807, 2.05) is 56.3 Å². The van der Waals surface area contributed by atoms with Gasteiger partial charge >= 0.3 is 0 Å². The molecule has 0 saturated carbocycles. The van der Waals surface area contributed by atoms with Crippen molar-refractivity contribution in [1.29, 1.82) is 5.41 Å². The second kappa shape index (κ2) is 14.4. The van der Waals surface area contributed by atoms with Crippen LogP contribution in [0.15, 0.2) is 53.6 Å². The molecule has 1 fully saturated rings. The van der Waals surface area contributed by atoms with Crippen molar-refractivity contribution < 1.29 is 9.47 Å². The Hall–Kier alpha value is -3.47. The monoisotopic (exact) mass is 595 g/mol. The maximum atomic E-state index is 7.68. The Balaban J connectivity index is 1.76. The number of rotatable bonds is 12. The number of hydrogen-bond donors (Lipinski definition) is 3. The van der Waals surface area contributed by atoms with Crippen molar-refractivity contribution in [1.82, 2.24) is 20.2 Å². The van der Waals surface area contributed by atoms with Crippen LogP contribution in [0.1, 0.15) is 26.3 Å².